The maximum Gasteiger partial charge on any atom is 0.408 e. The number of hydrogen-bond acceptors (Lipinski definition) is 7. The number of carboxylic acid groups (broad SMARTS) is 1. The summed E-state index contributed by atoms with van der Waals surface area (Å²) in [7, 11) is 0. The highest BCUT2D eigenvalue weighted by Crippen LogP contribution is 2.41. The standard InChI is InChI=1S/C41H51BrN4O6/c42-34-16-13-30(25-33(34)40(29-11-7-6-8-12-29)46(41(50)51)35-27-45-22-19-28(35)20-23-45)52-24-10-5-3-1-2-4-9-21-43-26-37(48)31-14-17-36(47)39-32(31)15-18-38(49)44-39/h6-8,11-18,25,28,35,37,40,43,47-48H,1-5,9-10,19-24,26-27H2,(H,44,49)(H,50,51)/t35-,37+,40?/m0/s1. The predicted molar refractivity (Wildman–Crippen MR) is 207 cm³/mol. The van der Waals surface area contributed by atoms with E-state index in [-0.39, 0.29) is 17.4 Å². The number of aromatic amines is 1. The van der Waals surface area contributed by atoms with Gasteiger partial charge in [-0.25, -0.2) is 4.79 Å². The van der Waals surface area contributed by atoms with Crippen LogP contribution < -0.4 is 15.6 Å². The number of phenolic OH excluding ortho intramolecular Hbond substituents is 1. The average molecular weight is 776 g/mol. The second kappa shape index (κ2) is 18.2. The Morgan fingerprint density at radius 3 is 2.38 bits per heavy atom. The van der Waals surface area contributed by atoms with Crippen molar-refractivity contribution in [2.45, 2.75) is 76.0 Å². The van der Waals surface area contributed by atoms with Crippen LogP contribution in [0.4, 0.5) is 4.79 Å². The molecule has 3 saturated heterocycles. The summed E-state index contributed by atoms with van der Waals surface area (Å²) in [6.07, 6.45) is 8.05. The molecule has 11 heteroatoms. The number of aliphatic hydroxyl groups excluding tert-OH is 1. The molecule has 2 bridgehead atoms. The van der Waals surface area contributed by atoms with Gasteiger partial charge in [0.1, 0.15) is 11.5 Å². The van der Waals surface area contributed by atoms with Gasteiger partial charge < -0.3 is 35.3 Å². The number of aromatic hydroxyl groups is 1. The smallest absolute Gasteiger partial charge is 0.408 e. The van der Waals surface area contributed by atoms with E-state index in [1.54, 1.807) is 17.0 Å². The van der Waals surface area contributed by atoms with Crippen molar-refractivity contribution in [3.05, 3.63) is 104 Å². The summed E-state index contributed by atoms with van der Waals surface area (Å²) >= 11 is 3.76. The van der Waals surface area contributed by atoms with Crippen LogP contribution in [0.2, 0.25) is 0 Å². The van der Waals surface area contributed by atoms with E-state index in [2.05, 4.69) is 31.1 Å². The fourth-order valence-corrected chi connectivity index (χ4v) is 8.43. The van der Waals surface area contributed by atoms with Gasteiger partial charge in [0, 0.05) is 29.0 Å². The first-order chi connectivity index (χ1) is 25.3. The summed E-state index contributed by atoms with van der Waals surface area (Å²) < 4.78 is 7.10. The molecule has 0 saturated carbocycles. The van der Waals surface area contributed by atoms with Gasteiger partial charge in [0.25, 0.3) is 0 Å². The molecule has 52 heavy (non-hydrogen) atoms. The number of ether oxygens (including phenoxy) is 1. The number of aromatic nitrogens is 1. The number of halogens is 1. The number of nitrogens with zero attached hydrogens (tertiary/aromatic N) is 2. The fraction of sp³-hybridized carbons (Fsp3) is 0.463. The minimum atomic E-state index is -0.888. The minimum Gasteiger partial charge on any atom is -0.506 e. The van der Waals surface area contributed by atoms with Crippen LogP contribution in [0, 0.1) is 5.92 Å². The van der Waals surface area contributed by atoms with Crippen molar-refractivity contribution in [3.63, 3.8) is 0 Å². The molecular formula is C41H51BrN4O6. The Morgan fingerprint density at radius 2 is 1.67 bits per heavy atom. The van der Waals surface area contributed by atoms with Crippen LogP contribution >= 0.6 is 15.9 Å². The van der Waals surface area contributed by atoms with Crippen molar-refractivity contribution in [2.75, 3.05) is 39.3 Å². The highest BCUT2D eigenvalue weighted by atomic mass is 79.9. The zero-order chi connectivity index (χ0) is 36.5. The number of hydrogen-bond donors (Lipinski definition) is 5. The van der Waals surface area contributed by atoms with Crippen LogP contribution in [-0.4, -0.2) is 81.6 Å². The number of amides is 1. The molecule has 1 unspecified atom stereocenters. The lowest BCUT2D eigenvalue weighted by Gasteiger charge is -2.50. The third kappa shape index (κ3) is 9.36. The quantitative estimate of drug-likeness (QED) is 0.0653. The van der Waals surface area contributed by atoms with Gasteiger partial charge in [0.05, 0.1) is 30.3 Å². The first kappa shape index (κ1) is 37.8. The number of fused-ring (bicyclic) bond motifs is 4. The largest absolute Gasteiger partial charge is 0.506 e. The lowest BCUT2D eigenvalue weighted by atomic mass is 9.81. The molecule has 1 aromatic heterocycles. The van der Waals surface area contributed by atoms with E-state index in [9.17, 15) is 24.9 Å². The maximum atomic E-state index is 13.0. The van der Waals surface area contributed by atoms with Crippen LogP contribution in [0.1, 0.15) is 86.6 Å². The summed E-state index contributed by atoms with van der Waals surface area (Å²) in [6.45, 7) is 4.69. The summed E-state index contributed by atoms with van der Waals surface area (Å²) in [5, 5.41) is 35.4. The molecule has 278 valence electrons. The number of phenols is 1. The van der Waals surface area contributed by atoms with E-state index in [1.165, 1.54) is 12.1 Å². The molecule has 3 aliphatic heterocycles. The zero-order valence-electron chi connectivity index (χ0n) is 29.7. The van der Waals surface area contributed by atoms with Crippen LogP contribution in [0.15, 0.2) is 82.1 Å². The van der Waals surface area contributed by atoms with E-state index >= 15 is 0 Å². The van der Waals surface area contributed by atoms with E-state index in [4.69, 9.17) is 4.74 Å². The first-order valence-corrected chi connectivity index (χ1v) is 19.5. The molecule has 0 aliphatic carbocycles. The number of nitrogens with one attached hydrogen (secondary N) is 2. The number of benzene rings is 3. The highest BCUT2D eigenvalue weighted by Gasteiger charge is 2.43. The molecule has 7 rings (SSSR count). The van der Waals surface area contributed by atoms with Gasteiger partial charge in [0.15, 0.2) is 0 Å². The summed E-state index contributed by atoms with van der Waals surface area (Å²) in [6, 6.07) is 21.6. The molecule has 3 aromatic carbocycles. The Hall–Kier alpha value is -3.90. The van der Waals surface area contributed by atoms with Crippen LogP contribution in [0.25, 0.3) is 10.9 Å². The molecular weight excluding hydrogens is 724 g/mol. The van der Waals surface area contributed by atoms with Gasteiger partial charge in [-0.1, -0.05) is 84.4 Å². The van der Waals surface area contributed by atoms with Gasteiger partial charge in [-0.3, -0.25) is 9.69 Å². The predicted octanol–water partition coefficient (Wildman–Crippen LogP) is 7.59. The van der Waals surface area contributed by atoms with E-state index < -0.39 is 18.2 Å². The molecule has 3 atom stereocenters. The lowest BCUT2D eigenvalue weighted by molar-refractivity contribution is -0.000902. The SMILES string of the molecule is O=C(O)N(C(c1ccccc1)c1cc(OCCCCCCCCCNC[C@@H](O)c2ccc(O)c3[nH]c(=O)ccc23)ccc1Br)[C@H]1CN2CCC1CC2. The monoisotopic (exact) mass is 774 g/mol. The maximum absolute atomic E-state index is 13.0. The topological polar surface area (TPSA) is 138 Å². The summed E-state index contributed by atoms with van der Waals surface area (Å²) in [4.78, 5) is 31.4. The number of aliphatic hydroxyl groups is 1. The van der Waals surface area contributed by atoms with Gasteiger partial charge >= 0.3 is 6.09 Å². The van der Waals surface area contributed by atoms with E-state index in [0.717, 1.165) is 105 Å². The third-order valence-corrected chi connectivity index (χ3v) is 11.4. The molecule has 3 fully saturated rings. The van der Waals surface area contributed by atoms with Crippen molar-refractivity contribution in [1.82, 2.24) is 20.1 Å². The Morgan fingerprint density at radius 1 is 0.942 bits per heavy atom. The van der Waals surface area contributed by atoms with Crippen LogP contribution in [0.3, 0.4) is 0 Å². The molecule has 1 amide bonds. The molecule has 10 nitrogen and oxygen atoms in total. The third-order valence-electron chi connectivity index (χ3n) is 10.7. The molecule has 4 heterocycles. The average Bonchev–Trinajstić information content (AvgIpc) is 3.16. The van der Waals surface area contributed by atoms with Gasteiger partial charge in [-0.2, -0.15) is 0 Å². The van der Waals surface area contributed by atoms with Crippen molar-refractivity contribution < 1.29 is 24.9 Å². The minimum absolute atomic E-state index is 0.0134. The number of unbranched alkanes of at least 4 members (excludes halogenated alkanes) is 6. The number of piperidine rings is 3. The Balaban J connectivity index is 0.921. The van der Waals surface area contributed by atoms with Crippen molar-refractivity contribution in [3.8, 4) is 11.5 Å². The Kier molecular flexibility index (Phi) is 13.3. The fourth-order valence-electron chi connectivity index (χ4n) is 7.96. The molecule has 5 N–H and O–H groups in total. The second-order valence-electron chi connectivity index (χ2n) is 14.2. The highest BCUT2D eigenvalue weighted by molar-refractivity contribution is 9.10. The number of H-pyrrole nitrogens is 1. The van der Waals surface area contributed by atoms with Gasteiger partial charge in [0.2, 0.25) is 5.56 Å². The summed E-state index contributed by atoms with van der Waals surface area (Å²) in [5.41, 5.74) is 2.57. The lowest BCUT2D eigenvalue weighted by Crippen LogP contribution is -2.59. The molecule has 4 aromatic rings. The van der Waals surface area contributed by atoms with E-state index in [1.807, 2.05) is 48.5 Å². The number of pyridine rings is 1. The van der Waals surface area contributed by atoms with Crippen molar-refractivity contribution in [1.29, 1.82) is 0 Å². The van der Waals surface area contributed by atoms with Gasteiger partial charge in [-0.05, 0) is 98.3 Å². The molecule has 0 spiro atoms. The number of rotatable bonds is 18. The van der Waals surface area contributed by atoms with Crippen LogP contribution in [-0.2, 0) is 0 Å². The molecule has 3 aliphatic rings. The number of carbonyl (C=O) groups is 1. The summed E-state index contributed by atoms with van der Waals surface area (Å²) in [5.74, 6) is 1.11. The first-order valence-electron chi connectivity index (χ1n) is 18.7. The van der Waals surface area contributed by atoms with Crippen molar-refractivity contribution in [2.24, 2.45) is 5.92 Å². The van der Waals surface area contributed by atoms with Crippen LogP contribution in [0.5, 0.6) is 11.5 Å². The zero-order valence-corrected chi connectivity index (χ0v) is 31.3. The normalized spacial score (nSPS) is 19.4. The molecule has 0 radical (unpaired) electrons. The second-order valence-corrected chi connectivity index (χ2v) is 15.1. The Bertz CT molecular complexity index is 1830. The Labute approximate surface area is 313 Å². The van der Waals surface area contributed by atoms with Gasteiger partial charge in [-0.15, -0.1) is 0 Å². The van der Waals surface area contributed by atoms with E-state index in [0.29, 0.717) is 35.5 Å². The van der Waals surface area contributed by atoms with Crippen molar-refractivity contribution >= 4 is 32.9 Å².